The summed E-state index contributed by atoms with van der Waals surface area (Å²) in [4.78, 5) is 18.0. The van der Waals surface area contributed by atoms with Gasteiger partial charge < -0.3 is 15.4 Å². The Kier molecular flexibility index (Phi) is 3.38. The molecule has 3 rings (SSSR count). The van der Waals surface area contributed by atoms with Crippen molar-refractivity contribution >= 4 is 11.9 Å². The lowest BCUT2D eigenvalue weighted by Crippen LogP contribution is -2.37. The van der Waals surface area contributed by atoms with Crippen molar-refractivity contribution < 1.29 is 9.13 Å². The Hall–Kier alpha value is -2.35. The van der Waals surface area contributed by atoms with Crippen LogP contribution in [-0.4, -0.2) is 46.2 Å². The Morgan fingerprint density at radius 2 is 2.00 bits per heavy atom. The maximum Gasteiger partial charge on any atom is 0.230 e. The molecule has 0 aliphatic carbocycles. The summed E-state index contributed by atoms with van der Waals surface area (Å²) in [5, 5.41) is 0. The van der Waals surface area contributed by atoms with E-state index in [4.69, 9.17) is 10.5 Å². The molecule has 0 spiro atoms. The first kappa shape index (κ1) is 12.7. The van der Waals surface area contributed by atoms with Gasteiger partial charge in [0.15, 0.2) is 11.6 Å². The lowest BCUT2D eigenvalue weighted by molar-refractivity contribution is 0.122. The topological polar surface area (TPSA) is 90.0 Å². The number of morpholine rings is 1. The normalized spacial score (nSPS) is 15.3. The third-order valence-electron chi connectivity index (χ3n) is 2.95. The number of aromatic nitrogens is 4. The van der Waals surface area contributed by atoms with E-state index in [-0.39, 0.29) is 17.3 Å². The number of ether oxygens (including phenoxy) is 1. The van der Waals surface area contributed by atoms with Gasteiger partial charge in [-0.3, -0.25) is 4.98 Å². The molecule has 2 aromatic heterocycles. The number of rotatable bonds is 2. The molecule has 0 radical (unpaired) electrons. The summed E-state index contributed by atoms with van der Waals surface area (Å²) in [6, 6.07) is 1.51. The highest BCUT2D eigenvalue weighted by atomic mass is 19.1. The number of hydrogen-bond donors (Lipinski definition) is 1. The van der Waals surface area contributed by atoms with E-state index in [9.17, 15) is 4.39 Å². The highest BCUT2D eigenvalue weighted by Crippen LogP contribution is 2.21. The summed E-state index contributed by atoms with van der Waals surface area (Å²) in [7, 11) is 0. The van der Waals surface area contributed by atoms with Gasteiger partial charge in [0.2, 0.25) is 11.9 Å². The van der Waals surface area contributed by atoms with Gasteiger partial charge in [-0.15, -0.1) is 0 Å². The Morgan fingerprint density at radius 1 is 1.20 bits per heavy atom. The van der Waals surface area contributed by atoms with Crippen molar-refractivity contribution in [2.75, 3.05) is 36.9 Å². The predicted molar refractivity (Wildman–Crippen MR) is 70.5 cm³/mol. The molecule has 0 bridgehead atoms. The second-order valence-electron chi connectivity index (χ2n) is 4.27. The Morgan fingerprint density at radius 3 is 2.75 bits per heavy atom. The van der Waals surface area contributed by atoms with E-state index in [0.29, 0.717) is 32.3 Å². The molecular formula is C12H13FN6O. The van der Waals surface area contributed by atoms with Crippen LogP contribution in [0.25, 0.3) is 11.4 Å². The summed E-state index contributed by atoms with van der Waals surface area (Å²) >= 11 is 0. The van der Waals surface area contributed by atoms with Crippen LogP contribution < -0.4 is 10.6 Å². The summed E-state index contributed by atoms with van der Waals surface area (Å²) in [6.07, 6.45) is 2.59. The number of pyridine rings is 1. The quantitative estimate of drug-likeness (QED) is 0.853. The fourth-order valence-electron chi connectivity index (χ4n) is 1.96. The molecule has 1 aliphatic rings. The first-order chi connectivity index (χ1) is 9.74. The van der Waals surface area contributed by atoms with E-state index in [1.165, 1.54) is 12.3 Å². The van der Waals surface area contributed by atoms with Gasteiger partial charge in [-0.1, -0.05) is 0 Å². The standard InChI is InChI=1S/C12H13FN6O/c13-9-7-15-2-1-8(9)10-16-11(14)18-12(17-10)19-3-5-20-6-4-19/h1-2,7H,3-6H2,(H2,14,16,17,18). The monoisotopic (exact) mass is 276 g/mol. The minimum atomic E-state index is -0.494. The van der Waals surface area contributed by atoms with Gasteiger partial charge in [-0.25, -0.2) is 4.39 Å². The SMILES string of the molecule is Nc1nc(-c2ccncc2F)nc(N2CCOCC2)n1. The van der Waals surface area contributed by atoms with Gasteiger partial charge in [0.05, 0.1) is 25.0 Å². The van der Waals surface area contributed by atoms with Crippen LogP contribution in [0.5, 0.6) is 0 Å². The van der Waals surface area contributed by atoms with Crippen LogP contribution in [0.1, 0.15) is 0 Å². The zero-order valence-corrected chi connectivity index (χ0v) is 10.7. The van der Waals surface area contributed by atoms with Gasteiger partial charge >= 0.3 is 0 Å². The Bertz CT molecular complexity index is 617. The summed E-state index contributed by atoms with van der Waals surface area (Å²) in [5.74, 6) is 0.213. The van der Waals surface area contributed by atoms with E-state index >= 15 is 0 Å². The Balaban J connectivity index is 2.00. The van der Waals surface area contributed by atoms with Gasteiger partial charge in [-0.05, 0) is 6.07 Å². The van der Waals surface area contributed by atoms with Crippen molar-refractivity contribution in [2.45, 2.75) is 0 Å². The molecular weight excluding hydrogens is 263 g/mol. The van der Waals surface area contributed by atoms with Crippen molar-refractivity contribution in [1.29, 1.82) is 0 Å². The van der Waals surface area contributed by atoms with E-state index in [0.717, 1.165) is 6.20 Å². The number of halogens is 1. The first-order valence-corrected chi connectivity index (χ1v) is 6.18. The van der Waals surface area contributed by atoms with Crippen LogP contribution in [0.3, 0.4) is 0 Å². The van der Waals surface area contributed by atoms with Crippen LogP contribution in [-0.2, 0) is 4.74 Å². The summed E-state index contributed by atoms with van der Waals surface area (Å²) in [6.45, 7) is 2.54. The van der Waals surface area contributed by atoms with Gasteiger partial charge in [0.25, 0.3) is 0 Å². The highest BCUT2D eigenvalue weighted by molar-refractivity contribution is 5.57. The molecule has 104 valence electrons. The third-order valence-corrected chi connectivity index (χ3v) is 2.95. The molecule has 1 aliphatic heterocycles. The molecule has 7 nitrogen and oxygen atoms in total. The number of nitrogens with two attached hydrogens (primary N) is 1. The average Bonchev–Trinajstić information content (AvgIpc) is 2.48. The van der Waals surface area contributed by atoms with Crippen molar-refractivity contribution in [2.24, 2.45) is 0 Å². The van der Waals surface area contributed by atoms with Crippen molar-refractivity contribution in [3.63, 3.8) is 0 Å². The lowest BCUT2D eigenvalue weighted by Gasteiger charge is -2.26. The van der Waals surface area contributed by atoms with E-state index in [1.807, 2.05) is 4.90 Å². The predicted octanol–water partition coefficient (Wildman–Crippen LogP) is 0.491. The van der Waals surface area contributed by atoms with Crippen LogP contribution in [0, 0.1) is 5.82 Å². The molecule has 1 fully saturated rings. The zero-order valence-electron chi connectivity index (χ0n) is 10.7. The summed E-state index contributed by atoms with van der Waals surface area (Å²) in [5.41, 5.74) is 5.95. The lowest BCUT2D eigenvalue weighted by atomic mass is 10.2. The smallest absolute Gasteiger partial charge is 0.230 e. The zero-order chi connectivity index (χ0) is 13.9. The minimum Gasteiger partial charge on any atom is -0.378 e. The number of hydrogen-bond acceptors (Lipinski definition) is 7. The first-order valence-electron chi connectivity index (χ1n) is 6.18. The number of nitrogen functional groups attached to an aromatic ring is 1. The van der Waals surface area contributed by atoms with E-state index in [1.54, 1.807) is 0 Å². The molecule has 20 heavy (non-hydrogen) atoms. The average molecular weight is 276 g/mol. The molecule has 0 unspecified atom stereocenters. The largest absolute Gasteiger partial charge is 0.378 e. The highest BCUT2D eigenvalue weighted by Gasteiger charge is 2.17. The second kappa shape index (κ2) is 5.33. The van der Waals surface area contributed by atoms with Crippen molar-refractivity contribution in [3.05, 3.63) is 24.3 Å². The fraction of sp³-hybridized carbons (Fsp3) is 0.333. The van der Waals surface area contributed by atoms with Gasteiger partial charge in [-0.2, -0.15) is 15.0 Å². The van der Waals surface area contributed by atoms with Crippen LogP contribution in [0.2, 0.25) is 0 Å². The number of nitrogens with zero attached hydrogens (tertiary/aromatic N) is 5. The third kappa shape index (κ3) is 2.50. The number of anilines is 2. The van der Waals surface area contributed by atoms with Crippen LogP contribution in [0.15, 0.2) is 18.5 Å². The molecule has 8 heteroatoms. The molecule has 0 amide bonds. The molecule has 3 heterocycles. The summed E-state index contributed by atoms with van der Waals surface area (Å²) < 4.78 is 19.0. The molecule has 2 N–H and O–H groups in total. The van der Waals surface area contributed by atoms with Crippen LogP contribution >= 0.6 is 0 Å². The molecule has 2 aromatic rings. The van der Waals surface area contributed by atoms with E-state index in [2.05, 4.69) is 19.9 Å². The van der Waals surface area contributed by atoms with Crippen LogP contribution in [0.4, 0.5) is 16.3 Å². The molecule has 1 saturated heterocycles. The fourth-order valence-corrected chi connectivity index (χ4v) is 1.96. The van der Waals surface area contributed by atoms with Gasteiger partial charge in [0.1, 0.15) is 0 Å². The van der Waals surface area contributed by atoms with Crippen molar-refractivity contribution in [1.82, 2.24) is 19.9 Å². The van der Waals surface area contributed by atoms with Crippen molar-refractivity contribution in [3.8, 4) is 11.4 Å². The maximum atomic E-state index is 13.7. The molecule has 0 atom stereocenters. The maximum absolute atomic E-state index is 13.7. The van der Waals surface area contributed by atoms with E-state index < -0.39 is 5.82 Å². The van der Waals surface area contributed by atoms with Gasteiger partial charge in [0, 0.05) is 19.3 Å². The Labute approximate surface area is 114 Å². The molecule has 0 saturated carbocycles. The molecule has 0 aromatic carbocycles. The second-order valence-corrected chi connectivity index (χ2v) is 4.27. The minimum absolute atomic E-state index is 0.0627.